The molecule has 0 spiro atoms. The predicted octanol–water partition coefficient (Wildman–Crippen LogP) is 4.85. The van der Waals surface area contributed by atoms with Crippen molar-refractivity contribution in [3.63, 3.8) is 0 Å². The Balaban J connectivity index is 1.78. The number of aromatic nitrogens is 2. The van der Waals surface area contributed by atoms with Crippen molar-refractivity contribution in [2.24, 2.45) is 0 Å². The molecule has 2 aromatic carbocycles. The number of rotatable bonds is 6. The maximum atomic E-state index is 4.37. The first-order valence-corrected chi connectivity index (χ1v) is 8.63. The minimum absolute atomic E-state index is 0.228. The highest BCUT2D eigenvalue weighted by atomic mass is 15.3. The van der Waals surface area contributed by atoms with E-state index in [4.69, 9.17) is 0 Å². The second-order valence-corrected chi connectivity index (χ2v) is 6.21. The van der Waals surface area contributed by atoms with E-state index >= 15 is 0 Å². The number of benzene rings is 2. The highest BCUT2D eigenvalue weighted by Crippen LogP contribution is 2.24. The van der Waals surface area contributed by atoms with Crippen molar-refractivity contribution < 1.29 is 0 Å². The molecule has 0 saturated heterocycles. The SMILES string of the molecule is CCc1ccc(C(C)NC(C)c2ccccc2-n2cccn2)cc1. The molecule has 1 heterocycles. The lowest BCUT2D eigenvalue weighted by Crippen LogP contribution is -2.23. The minimum Gasteiger partial charge on any atom is -0.304 e. The van der Waals surface area contributed by atoms with E-state index in [-0.39, 0.29) is 12.1 Å². The first kappa shape index (κ1) is 16.5. The van der Waals surface area contributed by atoms with Gasteiger partial charge in [0, 0.05) is 24.5 Å². The molecule has 1 N–H and O–H groups in total. The third-order valence-corrected chi connectivity index (χ3v) is 4.54. The Morgan fingerprint density at radius 2 is 1.71 bits per heavy atom. The number of para-hydroxylation sites is 1. The van der Waals surface area contributed by atoms with Gasteiger partial charge in [-0.3, -0.25) is 0 Å². The van der Waals surface area contributed by atoms with E-state index in [1.54, 1.807) is 0 Å². The molecule has 0 aliphatic carbocycles. The minimum atomic E-state index is 0.228. The van der Waals surface area contributed by atoms with Crippen LogP contribution in [0.3, 0.4) is 0 Å². The summed E-state index contributed by atoms with van der Waals surface area (Å²) < 4.78 is 1.92. The van der Waals surface area contributed by atoms with Crippen LogP contribution in [-0.2, 0) is 6.42 Å². The van der Waals surface area contributed by atoms with Crippen molar-refractivity contribution >= 4 is 0 Å². The van der Waals surface area contributed by atoms with Crippen LogP contribution in [0.25, 0.3) is 5.69 Å². The predicted molar refractivity (Wildman–Crippen MR) is 99.3 cm³/mol. The molecule has 2 unspecified atom stereocenters. The van der Waals surface area contributed by atoms with Crippen LogP contribution >= 0.6 is 0 Å². The van der Waals surface area contributed by atoms with Gasteiger partial charge < -0.3 is 5.32 Å². The third-order valence-electron chi connectivity index (χ3n) is 4.54. The highest BCUT2D eigenvalue weighted by Gasteiger charge is 2.15. The van der Waals surface area contributed by atoms with Gasteiger partial charge in [-0.05, 0) is 49.1 Å². The number of nitrogens with zero attached hydrogens (tertiary/aromatic N) is 2. The Labute approximate surface area is 144 Å². The van der Waals surface area contributed by atoms with E-state index in [9.17, 15) is 0 Å². The summed E-state index contributed by atoms with van der Waals surface area (Å²) in [6.45, 7) is 6.61. The molecule has 3 heteroatoms. The topological polar surface area (TPSA) is 29.9 Å². The summed E-state index contributed by atoms with van der Waals surface area (Å²) >= 11 is 0. The van der Waals surface area contributed by atoms with Crippen LogP contribution in [0.1, 0.15) is 49.5 Å². The number of hydrogen-bond donors (Lipinski definition) is 1. The largest absolute Gasteiger partial charge is 0.304 e. The molecule has 24 heavy (non-hydrogen) atoms. The molecule has 0 aliphatic heterocycles. The normalized spacial score (nSPS) is 13.6. The maximum Gasteiger partial charge on any atom is 0.0693 e. The van der Waals surface area contributed by atoms with E-state index in [1.165, 1.54) is 16.7 Å². The zero-order chi connectivity index (χ0) is 16.9. The zero-order valence-corrected chi connectivity index (χ0v) is 14.6. The van der Waals surface area contributed by atoms with Crippen LogP contribution in [0.15, 0.2) is 67.0 Å². The second kappa shape index (κ2) is 7.45. The van der Waals surface area contributed by atoms with Gasteiger partial charge in [-0.25, -0.2) is 4.68 Å². The number of nitrogens with one attached hydrogen (secondary N) is 1. The van der Waals surface area contributed by atoms with E-state index in [0.29, 0.717) is 0 Å². The first-order valence-electron chi connectivity index (χ1n) is 8.63. The van der Waals surface area contributed by atoms with Crippen molar-refractivity contribution in [1.82, 2.24) is 15.1 Å². The van der Waals surface area contributed by atoms with Crippen LogP contribution < -0.4 is 5.32 Å². The van der Waals surface area contributed by atoms with E-state index < -0.39 is 0 Å². The Hall–Kier alpha value is -2.39. The maximum absolute atomic E-state index is 4.37. The second-order valence-electron chi connectivity index (χ2n) is 6.21. The first-order chi connectivity index (χ1) is 11.7. The molecule has 0 saturated carbocycles. The standard InChI is InChI=1S/C21H25N3/c1-4-18-10-12-19(13-11-18)16(2)23-17(3)20-8-5-6-9-21(20)24-15-7-14-22-24/h5-17,23H,4H2,1-3H3. The summed E-state index contributed by atoms with van der Waals surface area (Å²) in [7, 11) is 0. The molecule has 2 atom stereocenters. The van der Waals surface area contributed by atoms with Crippen molar-refractivity contribution in [2.45, 2.75) is 39.3 Å². The Morgan fingerprint density at radius 1 is 0.958 bits per heavy atom. The van der Waals surface area contributed by atoms with E-state index in [1.807, 2.05) is 23.1 Å². The summed E-state index contributed by atoms with van der Waals surface area (Å²) in [5, 5.41) is 8.09. The molecule has 0 amide bonds. The van der Waals surface area contributed by atoms with Gasteiger partial charge in [0.1, 0.15) is 0 Å². The fourth-order valence-electron chi connectivity index (χ4n) is 3.08. The van der Waals surface area contributed by atoms with Crippen molar-refractivity contribution in [3.05, 3.63) is 83.7 Å². The summed E-state index contributed by atoms with van der Waals surface area (Å²) in [6, 6.07) is 19.8. The molecule has 3 aromatic rings. The van der Waals surface area contributed by atoms with E-state index in [2.05, 4.69) is 79.7 Å². The summed E-state index contributed by atoms with van der Waals surface area (Å²) in [4.78, 5) is 0. The molecular formula is C21H25N3. The lowest BCUT2D eigenvalue weighted by molar-refractivity contribution is 0.493. The lowest BCUT2D eigenvalue weighted by Gasteiger charge is -2.23. The molecule has 0 fully saturated rings. The molecule has 3 rings (SSSR count). The van der Waals surface area contributed by atoms with Crippen LogP contribution in [0.2, 0.25) is 0 Å². The summed E-state index contributed by atoms with van der Waals surface area (Å²) in [5.74, 6) is 0. The van der Waals surface area contributed by atoms with Gasteiger partial charge in [0.15, 0.2) is 0 Å². The van der Waals surface area contributed by atoms with Gasteiger partial charge in [-0.15, -0.1) is 0 Å². The van der Waals surface area contributed by atoms with Gasteiger partial charge in [-0.2, -0.15) is 5.10 Å². The van der Waals surface area contributed by atoms with Crippen molar-refractivity contribution in [1.29, 1.82) is 0 Å². The molecule has 0 bridgehead atoms. The van der Waals surface area contributed by atoms with Gasteiger partial charge >= 0.3 is 0 Å². The fraction of sp³-hybridized carbons (Fsp3) is 0.286. The van der Waals surface area contributed by atoms with Crippen LogP contribution in [0.5, 0.6) is 0 Å². The van der Waals surface area contributed by atoms with Crippen LogP contribution in [0, 0.1) is 0 Å². The van der Waals surface area contributed by atoms with Crippen LogP contribution in [0.4, 0.5) is 0 Å². The van der Waals surface area contributed by atoms with Gasteiger partial charge in [-0.1, -0.05) is 49.4 Å². The third kappa shape index (κ3) is 3.57. The number of aryl methyl sites for hydroxylation is 1. The van der Waals surface area contributed by atoms with Gasteiger partial charge in [0.25, 0.3) is 0 Å². The quantitative estimate of drug-likeness (QED) is 0.704. The van der Waals surface area contributed by atoms with Crippen LogP contribution in [-0.4, -0.2) is 9.78 Å². The Kier molecular flexibility index (Phi) is 5.11. The van der Waals surface area contributed by atoms with Crippen molar-refractivity contribution in [3.8, 4) is 5.69 Å². The van der Waals surface area contributed by atoms with E-state index in [0.717, 1.165) is 12.1 Å². The summed E-state index contributed by atoms with van der Waals surface area (Å²) in [5.41, 5.74) is 5.06. The summed E-state index contributed by atoms with van der Waals surface area (Å²) in [6.07, 6.45) is 4.88. The monoisotopic (exact) mass is 319 g/mol. The highest BCUT2D eigenvalue weighted by molar-refractivity contribution is 5.42. The van der Waals surface area contributed by atoms with Gasteiger partial charge in [0.05, 0.1) is 5.69 Å². The van der Waals surface area contributed by atoms with Gasteiger partial charge in [0.2, 0.25) is 0 Å². The zero-order valence-electron chi connectivity index (χ0n) is 14.6. The van der Waals surface area contributed by atoms with Crippen molar-refractivity contribution in [2.75, 3.05) is 0 Å². The molecule has 0 aliphatic rings. The molecule has 1 aromatic heterocycles. The molecule has 3 nitrogen and oxygen atoms in total. The molecule has 0 radical (unpaired) electrons. The average molecular weight is 319 g/mol. The fourth-order valence-corrected chi connectivity index (χ4v) is 3.08. The Morgan fingerprint density at radius 3 is 2.38 bits per heavy atom. The molecular weight excluding hydrogens is 294 g/mol. The smallest absolute Gasteiger partial charge is 0.0693 e. The number of hydrogen-bond acceptors (Lipinski definition) is 2. The molecule has 124 valence electrons. The Bertz CT molecular complexity index is 760. The lowest BCUT2D eigenvalue weighted by atomic mass is 10.0. The average Bonchev–Trinajstić information content (AvgIpc) is 3.16.